The molecule has 3 nitrogen and oxygen atoms in total. The van der Waals surface area contributed by atoms with Crippen LogP contribution in [0.3, 0.4) is 0 Å². The van der Waals surface area contributed by atoms with Crippen LogP contribution in [0.25, 0.3) is 0 Å². The maximum absolute atomic E-state index is 12.7. The van der Waals surface area contributed by atoms with E-state index in [0.29, 0.717) is 12.2 Å². The molecule has 1 aliphatic rings. The van der Waals surface area contributed by atoms with Crippen molar-refractivity contribution in [2.45, 2.75) is 25.7 Å². The monoisotopic (exact) mass is 272 g/mol. The molecule has 0 aromatic heterocycles. The van der Waals surface area contributed by atoms with Gasteiger partial charge in [0, 0.05) is 12.2 Å². The van der Waals surface area contributed by atoms with E-state index in [0.717, 1.165) is 25.7 Å². The molecular weight excluding hydrogens is 255 g/mol. The summed E-state index contributed by atoms with van der Waals surface area (Å²) < 4.78 is 12.7. The number of carbonyl (C=O) groups is 1. The maximum atomic E-state index is 12.7. The molecule has 0 unspecified atom stereocenters. The van der Waals surface area contributed by atoms with Gasteiger partial charge in [0.2, 0.25) is 5.91 Å². The third kappa shape index (κ3) is 3.00. The SMILES string of the molecule is Cl.NCC1(C(=O)Nc2ccc(F)cc2)CCCC1. The van der Waals surface area contributed by atoms with Crippen molar-refractivity contribution in [3.05, 3.63) is 30.1 Å². The van der Waals surface area contributed by atoms with Gasteiger partial charge in [-0.25, -0.2) is 4.39 Å². The van der Waals surface area contributed by atoms with E-state index in [1.54, 1.807) is 12.1 Å². The van der Waals surface area contributed by atoms with Crippen LogP contribution in [0, 0.1) is 11.2 Å². The number of halogens is 2. The van der Waals surface area contributed by atoms with E-state index >= 15 is 0 Å². The second-order valence-corrected chi connectivity index (χ2v) is 4.65. The summed E-state index contributed by atoms with van der Waals surface area (Å²) in [6.07, 6.45) is 3.79. The van der Waals surface area contributed by atoms with Gasteiger partial charge in [0.15, 0.2) is 0 Å². The first kappa shape index (κ1) is 14.9. The van der Waals surface area contributed by atoms with Crippen molar-refractivity contribution in [3.63, 3.8) is 0 Å². The lowest BCUT2D eigenvalue weighted by molar-refractivity contribution is -0.124. The van der Waals surface area contributed by atoms with Crippen LogP contribution in [-0.4, -0.2) is 12.5 Å². The minimum atomic E-state index is -0.422. The number of hydrogen-bond donors (Lipinski definition) is 2. The average Bonchev–Trinajstić information content (AvgIpc) is 2.82. The van der Waals surface area contributed by atoms with Crippen molar-refractivity contribution < 1.29 is 9.18 Å². The first-order chi connectivity index (χ1) is 8.16. The van der Waals surface area contributed by atoms with Gasteiger partial charge in [-0.2, -0.15) is 0 Å². The van der Waals surface area contributed by atoms with Crippen LogP contribution in [0.2, 0.25) is 0 Å². The van der Waals surface area contributed by atoms with Crippen LogP contribution < -0.4 is 11.1 Å². The Morgan fingerprint density at radius 2 is 1.83 bits per heavy atom. The molecule has 100 valence electrons. The third-order valence-electron chi connectivity index (χ3n) is 3.54. The van der Waals surface area contributed by atoms with Gasteiger partial charge in [-0.1, -0.05) is 12.8 Å². The lowest BCUT2D eigenvalue weighted by Crippen LogP contribution is -2.40. The minimum absolute atomic E-state index is 0. The van der Waals surface area contributed by atoms with Crippen molar-refractivity contribution in [2.24, 2.45) is 11.1 Å². The Morgan fingerprint density at radius 1 is 1.28 bits per heavy atom. The highest BCUT2D eigenvalue weighted by Crippen LogP contribution is 2.38. The summed E-state index contributed by atoms with van der Waals surface area (Å²) in [7, 11) is 0. The van der Waals surface area contributed by atoms with Gasteiger partial charge in [-0.05, 0) is 37.1 Å². The maximum Gasteiger partial charge on any atom is 0.231 e. The van der Waals surface area contributed by atoms with Gasteiger partial charge in [0.25, 0.3) is 0 Å². The lowest BCUT2D eigenvalue weighted by atomic mass is 9.85. The topological polar surface area (TPSA) is 55.1 Å². The van der Waals surface area contributed by atoms with E-state index in [9.17, 15) is 9.18 Å². The first-order valence-corrected chi connectivity index (χ1v) is 5.93. The molecule has 2 rings (SSSR count). The number of carbonyl (C=O) groups excluding carboxylic acids is 1. The van der Waals surface area contributed by atoms with Gasteiger partial charge in [-0.3, -0.25) is 4.79 Å². The van der Waals surface area contributed by atoms with Crippen LogP contribution in [0.4, 0.5) is 10.1 Å². The summed E-state index contributed by atoms with van der Waals surface area (Å²) in [5.74, 6) is -0.346. The van der Waals surface area contributed by atoms with Crippen molar-refractivity contribution >= 4 is 24.0 Å². The predicted octanol–water partition coefficient (Wildman–Crippen LogP) is 2.71. The number of anilines is 1. The van der Waals surface area contributed by atoms with Gasteiger partial charge < -0.3 is 11.1 Å². The number of amides is 1. The molecule has 1 aromatic carbocycles. The highest BCUT2D eigenvalue weighted by Gasteiger charge is 2.39. The van der Waals surface area contributed by atoms with Gasteiger partial charge in [0.1, 0.15) is 5.82 Å². The average molecular weight is 273 g/mol. The molecule has 1 amide bonds. The Morgan fingerprint density at radius 3 is 2.33 bits per heavy atom. The Bertz CT molecular complexity index is 402. The number of nitrogens with one attached hydrogen (secondary N) is 1. The number of hydrogen-bond acceptors (Lipinski definition) is 2. The number of nitrogens with two attached hydrogens (primary N) is 1. The Labute approximate surface area is 112 Å². The molecule has 1 saturated carbocycles. The highest BCUT2D eigenvalue weighted by molar-refractivity contribution is 5.95. The van der Waals surface area contributed by atoms with Gasteiger partial charge in [-0.15, -0.1) is 12.4 Å². The summed E-state index contributed by atoms with van der Waals surface area (Å²) >= 11 is 0. The summed E-state index contributed by atoms with van der Waals surface area (Å²) in [6, 6.07) is 5.79. The van der Waals surface area contributed by atoms with Crippen LogP contribution in [-0.2, 0) is 4.79 Å². The smallest absolute Gasteiger partial charge is 0.231 e. The predicted molar refractivity (Wildman–Crippen MR) is 72.2 cm³/mol. The van der Waals surface area contributed by atoms with E-state index in [1.807, 2.05) is 0 Å². The van der Waals surface area contributed by atoms with E-state index in [1.165, 1.54) is 12.1 Å². The Balaban J connectivity index is 0.00000162. The Hall–Kier alpha value is -1.13. The van der Waals surface area contributed by atoms with E-state index in [4.69, 9.17) is 5.73 Å². The first-order valence-electron chi connectivity index (χ1n) is 5.93. The molecule has 0 atom stereocenters. The van der Waals surface area contributed by atoms with E-state index < -0.39 is 5.41 Å². The zero-order chi connectivity index (χ0) is 12.3. The molecule has 3 N–H and O–H groups in total. The normalized spacial score (nSPS) is 17.0. The highest BCUT2D eigenvalue weighted by atomic mass is 35.5. The molecule has 5 heteroatoms. The molecule has 0 spiro atoms. The van der Waals surface area contributed by atoms with Crippen molar-refractivity contribution in [3.8, 4) is 0 Å². The molecule has 1 aliphatic carbocycles. The van der Waals surface area contributed by atoms with Crippen LogP contribution >= 0.6 is 12.4 Å². The summed E-state index contributed by atoms with van der Waals surface area (Å²) in [5, 5.41) is 2.82. The quantitative estimate of drug-likeness (QED) is 0.889. The molecule has 0 saturated heterocycles. The largest absolute Gasteiger partial charge is 0.329 e. The van der Waals surface area contributed by atoms with Crippen LogP contribution in [0.15, 0.2) is 24.3 Å². The minimum Gasteiger partial charge on any atom is -0.329 e. The molecule has 0 radical (unpaired) electrons. The lowest BCUT2D eigenvalue weighted by Gasteiger charge is -2.25. The van der Waals surface area contributed by atoms with E-state index in [2.05, 4.69) is 5.32 Å². The standard InChI is InChI=1S/C13H17FN2O.ClH/c14-10-3-5-11(6-4-10)16-12(17)13(9-15)7-1-2-8-13;/h3-6H,1-2,7-9,15H2,(H,16,17);1H. The van der Waals surface area contributed by atoms with Crippen molar-refractivity contribution in [1.82, 2.24) is 0 Å². The zero-order valence-corrected chi connectivity index (χ0v) is 10.9. The fourth-order valence-electron chi connectivity index (χ4n) is 2.37. The number of benzene rings is 1. The van der Waals surface area contributed by atoms with E-state index in [-0.39, 0.29) is 24.1 Å². The summed E-state index contributed by atoms with van der Waals surface area (Å²) in [5.41, 5.74) is 5.93. The van der Waals surface area contributed by atoms with Crippen LogP contribution in [0.5, 0.6) is 0 Å². The third-order valence-corrected chi connectivity index (χ3v) is 3.54. The second kappa shape index (κ2) is 6.16. The summed E-state index contributed by atoms with van der Waals surface area (Å²) in [4.78, 5) is 12.2. The zero-order valence-electron chi connectivity index (χ0n) is 10.1. The van der Waals surface area contributed by atoms with Crippen LogP contribution in [0.1, 0.15) is 25.7 Å². The molecule has 0 heterocycles. The fraction of sp³-hybridized carbons (Fsp3) is 0.462. The Kier molecular flexibility index (Phi) is 5.11. The van der Waals surface area contributed by atoms with Gasteiger partial charge in [0.05, 0.1) is 5.41 Å². The number of rotatable bonds is 3. The molecule has 0 bridgehead atoms. The molecule has 0 aliphatic heterocycles. The molecular formula is C13H18ClFN2O. The second-order valence-electron chi connectivity index (χ2n) is 4.65. The van der Waals surface area contributed by atoms with Crippen molar-refractivity contribution in [1.29, 1.82) is 0 Å². The van der Waals surface area contributed by atoms with Crippen molar-refractivity contribution in [2.75, 3.05) is 11.9 Å². The molecule has 1 aromatic rings. The summed E-state index contributed by atoms with van der Waals surface area (Å²) in [6.45, 7) is 0.375. The fourth-order valence-corrected chi connectivity index (χ4v) is 2.37. The molecule has 1 fully saturated rings. The molecule has 18 heavy (non-hydrogen) atoms. The van der Waals surface area contributed by atoms with Gasteiger partial charge >= 0.3 is 0 Å².